The molecule has 0 aliphatic rings. The van der Waals surface area contributed by atoms with Crippen LogP contribution in [0.1, 0.15) is 5.82 Å². The van der Waals surface area contributed by atoms with Crippen LogP contribution in [0.4, 0.5) is 5.82 Å². The lowest BCUT2D eigenvalue weighted by molar-refractivity contribution is 0.747. The first kappa shape index (κ1) is 10.9. The number of rotatable bonds is 3. The van der Waals surface area contributed by atoms with Gasteiger partial charge in [0.1, 0.15) is 11.8 Å². The molecule has 0 spiro atoms. The number of halogens is 1. The molecule has 3 aromatic rings. The Balaban J connectivity index is 1.87. The van der Waals surface area contributed by atoms with E-state index >= 15 is 0 Å². The highest BCUT2D eigenvalue weighted by Crippen LogP contribution is 2.18. The van der Waals surface area contributed by atoms with Crippen molar-refractivity contribution in [2.45, 2.75) is 6.54 Å². The van der Waals surface area contributed by atoms with Gasteiger partial charge in [0, 0.05) is 7.05 Å². The second kappa shape index (κ2) is 4.22. The normalized spacial score (nSPS) is 11.0. The predicted molar refractivity (Wildman–Crippen MR) is 65.0 cm³/mol. The average molecular weight is 265 g/mol. The summed E-state index contributed by atoms with van der Waals surface area (Å²) in [5.41, 5.74) is 1.22. The van der Waals surface area contributed by atoms with Crippen LogP contribution in [0.25, 0.3) is 11.2 Å². The molecule has 0 fully saturated rings. The van der Waals surface area contributed by atoms with Crippen molar-refractivity contribution in [3.8, 4) is 0 Å². The van der Waals surface area contributed by atoms with Crippen LogP contribution in [0.5, 0.6) is 0 Å². The fourth-order valence-corrected chi connectivity index (χ4v) is 1.73. The summed E-state index contributed by atoms with van der Waals surface area (Å²) in [5.74, 6) is 1.25. The number of aromatic amines is 1. The number of aryl methyl sites for hydroxylation is 1. The first-order valence-corrected chi connectivity index (χ1v) is 5.55. The highest BCUT2D eigenvalue weighted by molar-refractivity contribution is 6.28. The van der Waals surface area contributed by atoms with Crippen molar-refractivity contribution in [3.63, 3.8) is 0 Å². The van der Waals surface area contributed by atoms with Crippen LogP contribution in [0, 0.1) is 0 Å². The molecule has 3 rings (SSSR count). The van der Waals surface area contributed by atoms with Crippen molar-refractivity contribution >= 4 is 28.6 Å². The monoisotopic (exact) mass is 264 g/mol. The van der Waals surface area contributed by atoms with Crippen LogP contribution in [0.3, 0.4) is 0 Å². The van der Waals surface area contributed by atoms with E-state index in [1.54, 1.807) is 17.3 Å². The number of anilines is 1. The summed E-state index contributed by atoms with van der Waals surface area (Å²) in [6.45, 7) is 0.447. The third-order valence-electron chi connectivity index (χ3n) is 2.32. The Labute approximate surface area is 106 Å². The fraction of sp³-hybridized carbons (Fsp3) is 0.222. The van der Waals surface area contributed by atoms with Gasteiger partial charge >= 0.3 is 0 Å². The van der Waals surface area contributed by atoms with Crippen molar-refractivity contribution in [2.75, 3.05) is 5.32 Å². The number of nitrogens with zero attached hydrogens (tertiary/aromatic N) is 6. The van der Waals surface area contributed by atoms with Crippen LogP contribution < -0.4 is 5.32 Å². The van der Waals surface area contributed by atoms with E-state index in [2.05, 4.69) is 35.3 Å². The number of H-pyrrole nitrogens is 1. The molecule has 8 nitrogen and oxygen atoms in total. The largest absolute Gasteiger partial charge is 0.361 e. The zero-order chi connectivity index (χ0) is 12.5. The summed E-state index contributed by atoms with van der Waals surface area (Å²) in [6.07, 6.45) is 3.18. The summed E-state index contributed by atoms with van der Waals surface area (Å²) in [6, 6.07) is 0. The average Bonchev–Trinajstić information content (AvgIpc) is 2.94. The Morgan fingerprint density at radius 1 is 1.39 bits per heavy atom. The molecule has 0 amide bonds. The van der Waals surface area contributed by atoms with Gasteiger partial charge in [-0.1, -0.05) is 0 Å². The van der Waals surface area contributed by atoms with Gasteiger partial charge in [-0.25, -0.2) is 9.97 Å². The van der Waals surface area contributed by atoms with Gasteiger partial charge in [0.15, 0.2) is 17.3 Å². The standard InChI is InChI=1S/C9H9ClN8/c1-18-4-14-5(17-18)2-11-7-6-8(13-3-12-6)16-9(10)15-7/h3-4H,2H2,1H3,(H2,11,12,13,15,16). The topological polar surface area (TPSA) is 97.2 Å². The molecule has 0 radical (unpaired) electrons. The van der Waals surface area contributed by atoms with Crippen LogP contribution >= 0.6 is 11.6 Å². The molecular weight excluding hydrogens is 256 g/mol. The Morgan fingerprint density at radius 3 is 3.06 bits per heavy atom. The SMILES string of the molecule is Cn1cnc(CNc2nc(Cl)nc3nc[nH]c23)n1. The smallest absolute Gasteiger partial charge is 0.226 e. The molecule has 18 heavy (non-hydrogen) atoms. The first-order chi connectivity index (χ1) is 8.72. The van der Waals surface area contributed by atoms with Crippen molar-refractivity contribution in [3.05, 3.63) is 23.8 Å². The number of aromatic nitrogens is 7. The molecule has 0 saturated heterocycles. The van der Waals surface area contributed by atoms with Gasteiger partial charge in [0.2, 0.25) is 5.28 Å². The zero-order valence-electron chi connectivity index (χ0n) is 9.42. The molecule has 2 N–H and O–H groups in total. The molecule has 0 aromatic carbocycles. The van der Waals surface area contributed by atoms with E-state index in [0.717, 1.165) is 0 Å². The lowest BCUT2D eigenvalue weighted by atomic mass is 10.4. The van der Waals surface area contributed by atoms with Crippen LogP contribution in [0.2, 0.25) is 5.28 Å². The Kier molecular flexibility index (Phi) is 2.56. The van der Waals surface area contributed by atoms with Gasteiger partial charge < -0.3 is 10.3 Å². The molecule has 0 aliphatic carbocycles. The van der Waals surface area contributed by atoms with E-state index in [1.807, 2.05) is 7.05 Å². The molecule has 0 saturated carbocycles. The quantitative estimate of drug-likeness (QED) is 0.678. The van der Waals surface area contributed by atoms with Gasteiger partial charge in [-0.2, -0.15) is 15.1 Å². The zero-order valence-corrected chi connectivity index (χ0v) is 10.2. The third kappa shape index (κ3) is 1.97. The van der Waals surface area contributed by atoms with Crippen molar-refractivity contribution < 1.29 is 0 Å². The highest BCUT2D eigenvalue weighted by Gasteiger charge is 2.09. The molecular formula is C9H9ClN8. The van der Waals surface area contributed by atoms with Crippen molar-refractivity contribution in [1.29, 1.82) is 0 Å². The maximum absolute atomic E-state index is 5.82. The first-order valence-electron chi connectivity index (χ1n) is 5.17. The van der Waals surface area contributed by atoms with Crippen molar-refractivity contribution in [1.82, 2.24) is 34.7 Å². The predicted octanol–water partition coefficient (Wildman–Crippen LogP) is 0.747. The van der Waals surface area contributed by atoms with Gasteiger partial charge in [0.05, 0.1) is 12.9 Å². The van der Waals surface area contributed by atoms with Gasteiger partial charge in [-0.3, -0.25) is 4.68 Å². The molecule has 0 bridgehead atoms. The molecule has 92 valence electrons. The maximum Gasteiger partial charge on any atom is 0.226 e. The van der Waals surface area contributed by atoms with Crippen LogP contribution in [0.15, 0.2) is 12.7 Å². The van der Waals surface area contributed by atoms with Gasteiger partial charge in [-0.15, -0.1) is 0 Å². The lowest BCUT2D eigenvalue weighted by Crippen LogP contribution is -2.05. The second-order valence-corrected chi connectivity index (χ2v) is 3.97. The van der Waals surface area contributed by atoms with Gasteiger partial charge in [-0.05, 0) is 11.6 Å². The van der Waals surface area contributed by atoms with Crippen molar-refractivity contribution in [2.24, 2.45) is 7.05 Å². The number of fused-ring (bicyclic) bond motifs is 1. The minimum atomic E-state index is 0.145. The van der Waals surface area contributed by atoms with E-state index in [0.29, 0.717) is 29.4 Å². The van der Waals surface area contributed by atoms with E-state index in [4.69, 9.17) is 11.6 Å². The molecule has 9 heteroatoms. The minimum absolute atomic E-state index is 0.145. The van der Waals surface area contributed by atoms with E-state index in [-0.39, 0.29) is 5.28 Å². The summed E-state index contributed by atoms with van der Waals surface area (Å²) < 4.78 is 1.63. The molecule has 0 atom stereocenters. The van der Waals surface area contributed by atoms with Crippen LogP contribution in [-0.2, 0) is 13.6 Å². The number of imidazole rings is 1. The molecule has 3 aromatic heterocycles. The fourth-order valence-electron chi connectivity index (χ4n) is 1.56. The van der Waals surface area contributed by atoms with E-state index < -0.39 is 0 Å². The van der Waals surface area contributed by atoms with E-state index in [1.165, 1.54) is 0 Å². The minimum Gasteiger partial charge on any atom is -0.361 e. The summed E-state index contributed by atoms with van der Waals surface area (Å²) in [5, 5.41) is 7.40. The number of hydrogen-bond acceptors (Lipinski definition) is 6. The number of nitrogens with one attached hydrogen (secondary N) is 2. The van der Waals surface area contributed by atoms with Gasteiger partial charge in [0.25, 0.3) is 0 Å². The Hall–Kier alpha value is -2.22. The number of hydrogen-bond donors (Lipinski definition) is 2. The summed E-state index contributed by atoms with van der Waals surface area (Å²) in [7, 11) is 1.81. The summed E-state index contributed by atoms with van der Waals surface area (Å²) in [4.78, 5) is 19.2. The Bertz CT molecular complexity index is 687. The maximum atomic E-state index is 5.82. The summed E-state index contributed by atoms with van der Waals surface area (Å²) >= 11 is 5.82. The second-order valence-electron chi connectivity index (χ2n) is 3.63. The van der Waals surface area contributed by atoms with E-state index in [9.17, 15) is 0 Å². The van der Waals surface area contributed by atoms with Crippen LogP contribution in [-0.4, -0.2) is 34.7 Å². The molecule has 0 unspecified atom stereocenters. The third-order valence-corrected chi connectivity index (χ3v) is 2.49. The molecule has 0 aliphatic heterocycles. The Morgan fingerprint density at radius 2 is 2.28 bits per heavy atom. The molecule has 3 heterocycles. The lowest BCUT2D eigenvalue weighted by Gasteiger charge is -2.03. The highest BCUT2D eigenvalue weighted by atomic mass is 35.5.